The van der Waals surface area contributed by atoms with Gasteiger partial charge in [0.15, 0.2) is 0 Å². The number of anilines is 3. The van der Waals surface area contributed by atoms with E-state index in [2.05, 4.69) is 177 Å². The van der Waals surface area contributed by atoms with E-state index in [0.29, 0.717) is 0 Å². The Morgan fingerprint density at radius 2 is 0.837 bits per heavy atom. The minimum absolute atomic E-state index is 1.14. The van der Waals surface area contributed by atoms with Crippen LogP contribution in [0, 0.1) is 0 Å². The lowest BCUT2D eigenvalue weighted by Gasteiger charge is -2.26. The van der Waals surface area contributed by atoms with Gasteiger partial charge in [-0.15, -0.1) is 0 Å². The van der Waals surface area contributed by atoms with E-state index in [1.807, 2.05) is 0 Å². The third-order valence-corrected chi connectivity index (χ3v) is 10.9. The van der Waals surface area contributed by atoms with Crippen molar-refractivity contribution < 1.29 is 0 Å². The summed E-state index contributed by atoms with van der Waals surface area (Å²) in [5, 5.41) is 13.0. The highest BCUT2D eigenvalue weighted by Crippen LogP contribution is 2.48. The van der Waals surface area contributed by atoms with Gasteiger partial charge in [-0.3, -0.25) is 0 Å². The maximum Gasteiger partial charge on any atom is 0.0782 e. The number of benzene rings is 8. The van der Waals surface area contributed by atoms with Gasteiger partial charge in [-0.1, -0.05) is 115 Å². The summed E-state index contributed by atoms with van der Waals surface area (Å²) in [5.74, 6) is 0. The molecule has 0 bridgehead atoms. The lowest BCUT2D eigenvalue weighted by molar-refractivity contribution is 1.27. The molecule has 0 N–H and O–H groups in total. The second-order valence-corrected chi connectivity index (χ2v) is 13.3. The van der Waals surface area contributed by atoms with Gasteiger partial charge >= 0.3 is 0 Å². The van der Waals surface area contributed by atoms with Crippen LogP contribution in [0.3, 0.4) is 0 Å². The first-order chi connectivity index (χ1) is 24.3. The fourth-order valence-corrected chi connectivity index (χ4v) is 9.00. The molecule has 0 aliphatic carbocycles. The number of fused-ring (bicyclic) bond motifs is 14. The number of hydrogen-bond donors (Lipinski definition) is 0. The lowest BCUT2D eigenvalue weighted by atomic mass is 10.0. The molecule has 49 heavy (non-hydrogen) atoms. The van der Waals surface area contributed by atoms with E-state index in [1.54, 1.807) is 0 Å². The average molecular weight is 622 g/mol. The van der Waals surface area contributed by atoms with Crippen molar-refractivity contribution in [1.82, 2.24) is 8.80 Å². The normalized spacial score (nSPS) is 12.5. The number of rotatable bonds is 3. The van der Waals surface area contributed by atoms with Crippen LogP contribution in [0.5, 0.6) is 0 Å². The van der Waals surface area contributed by atoms with Crippen LogP contribution >= 0.6 is 0 Å². The quantitative estimate of drug-likeness (QED) is 0.191. The predicted molar refractivity (Wildman–Crippen MR) is 208 cm³/mol. The van der Waals surface area contributed by atoms with E-state index in [0.717, 1.165) is 17.1 Å². The molecule has 12 aromatic rings. The van der Waals surface area contributed by atoms with Gasteiger partial charge in [0.1, 0.15) is 0 Å². The molecule has 12 rings (SSSR count). The summed E-state index contributed by atoms with van der Waals surface area (Å²) in [7, 11) is 0. The Hall–Kier alpha value is -6.58. The largest absolute Gasteiger partial charge is 0.308 e. The Balaban J connectivity index is 1.26. The molecular formula is C46H27N3. The molecule has 4 aromatic heterocycles. The van der Waals surface area contributed by atoms with Crippen molar-refractivity contribution in [3.05, 3.63) is 164 Å². The first kappa shape index (κ1) is 25.5. The zero-order valence-corrected chi connectivity index (χ0v) is 26.4. The van der Waals surface area contributed by atoms with Gasteiger partial charge in [-0.05, 0) is 59.3 Å². The summed E-state index contributed by atoms with van der Waals surface area (Å²) in [4.78, 5) is 2.40. The van der Waals surface area contributed by atoms with Crippen molar-refractivity contribution in [3.63, 3.8) is 0 Å². The summed E-state index contributed by atoms with van der Waals surface area (Å²) >= 11 is 0. The Morgan fingerprint density at radius 3 is 1.53 bits per heavy atom. The molecule has 0 aliphatic heterocycles. The molecule has 0 fully saturated rings. The number of para-hydroxylation sites is 5. The summed E-state index contributed by atoms with van der Waals surface area (Å²) < 4.78 is 5.06. The summed E-state index contributed by atoms with van der Waals surface area (Å²) in [6.07, 6.45) is 0. The minimum atomic E-state index is 1.14. The van der Waals surface area contributed by atoms with Crippen LogP contribution in [-0.2, 0) is 0 Å². The molecular weight excluding hydrogens is 595 g/mol. The topological polar surface area (TPSA) is 12.1 Å². The van der Waals surface area contributed by atoms with Gasteiger partial charge in [-0.25, -0.2) is 0 Å². The van der Waals surface area contributed by atoms with Crippen molar-refractivity contribution in [2.75, 3.05) is 4.90 Å². The van der Waals surface area contributed by atoms with E-state index < -0.39 is 0 Å². The third kappa shape index (κ3) is 3.13. The zero-order valence-electron chi connectivity index (χ0n) is 26.4. The van der Waals surface area contributed by atoms with E-state index in [-0.39, 0.29) is 0 Å². The number of aromatic nitrogens is 2. The molecule has 3 heteroatoms. The van der Waals surface area contributed by atoms with Gasteiger partial charge in [0.25, 0.3) is 0 Å². The Morgan fingerprint density at radius 1 is 0.327 bits per heavy atom. The molecule has 0 saturated heterocycles. The van der Waals surface area contributed by atoms with Crippen LogP contribution in [0.1, 0.15) is 0 Å². The molecule has 226 valence electrons. The lowest BCUT2D eigenvalue weighted by Crippen LogP contribution is -2.10. The fraction of sp³-hybridized carbons (Fsp3) is 0. The fourth-order valence-electron chi connectivity index (χ4n) is 9.00. The number of hydrogen-bond acceptors (Lipinski definition) is 1. The van der Waals surface area contributed by atoms with E-state index >= 15 is 0 Å². The second kappa shape index (κ2) is 9.06. The highest BCUT2D eigenvalue weighted by molar-refractivity contribution is 6.31. The first-order valence-corrected chi connectivity index (χ1v) is 17.0. The Kier molecular flexibility index (Phi) is 4.72. The van der Waals surface area contributed by atoms with Gasteiger partial charge in [-0.2, -0.15) is 0 Å². The van der Waals surface area contributed by atoms with Crippen LogP contribution in [0.4, 0.5) is 17.1 Å². The molecule has 0 saturated carbocycles. The molecule has 8 aromatic carbocycles. The summed E-state index contributed by atoms with van der Waals surface area (Å²) in [6.45, 7) is 0. The molecule has 0 radical (unpaired) electrons. The Labute approximate surface area is 280 Å². The smallest absolute Gasteiger partial charge is 0.0782 e. The maximum atomic E-state index is 2.54. The van der Waals surface area contributed by atoms with Crippen LogP contribution in [0.2, 0.25) is 0 Å². The van der Waals surface area contributed by atoms with Crippen molar-refractivity contribution in [2.45, 2.75) is 0 Å². The van der Waals surface area contributed by atoms with Crippen LogP contribution in [0.15, 0.2) is 164 Å². The zero-order chi connectivity index (χ0) is 31.8. The summed E-state index contributed by atoms with van der Waals surface area (Å²) in [5.41, 5.74) is 11.0. The van der Waals surface area contributed by atoms with Crippen molar-refractivity contribution in [3.8, 4) is 0 Å². The molecule has 0 aliphatic rings. The molecule has 0 amide bonds. The molecule has 0 spiro atoms. The van der Waals surface area contributed by atoms with E-state index in [9.17, 15) is 0 Å². The summed E-state index contributed by atoms with van der Waals surface area (Å²) in [6, 6.07) is 60.2. The monoisotopic (exact) mass is 621 g/mol. The standard InChI is InChI=1S/C46H27N3/c1-3-13-29(14-4-1)47(30-15-5-2-6-16-30)40-23-11-21-33-32-18-9-19-34-38-26-41-37(27-42(38)49(44(32)34)46(33)40)35-20-10-22-36-43-31-17-8-7-12-28(31)24-25-39(43)48(41)45(35)36/h1-27H. The van der Waals surface area contributed by atoms with E-state index in [1.165, 1.54) is 87.0 Å². The molecule has 0 unspecified atom stereocenters. The average Bonchev–Trinajstić information content (AvgIpc) is 3.89. The molecule has 0 atom stereocenters. The maximum absolute atomic E-state index is 2.54. The van der Waals surface area contributed by atoms with Crippen molar-refractivity contribution in [1.29, 1.82) is 0 Å². The second-order valence-electron chi connectivity index (χ2n) is 13.3. The van der Waals surface area contributed by atoms with Crippen molar-refractivity contribution in [2.24, 2.45) is 0 Å². The predicted octanol–water partition coefficient (Wildman–Crippen LogP) is 12.6. The highest BCUT2D eigenvalue weighted by atomic mass is 15.2. The van der Waals surface area contributed by atoms with E-state index in [4.69, 9.17) is 0 Å². The highest BCUT2D eigenvalue weighted by Gasteiger charge is 2.25. The van der Waals surface area contributed by atoms with Gasteiger partial charge < -0.3 is 13.7 Å². The Bertz CT molecular complexity index is 3220. The SMILES string of the molecule is c1ccc(N(c2ccccc2)c2cccc3c4cccc5c6cc7c(cc6n(c23)c54)c2cccc3c4c5ccccc5ccc4n7c23)cc1. The van der Waals surface area contributed by atoms with Crippen molar-refractivity contribution >= 4 is 104 Å². The molecule has 3 nitrogen and oxygen atoms in total. The first-order valence-electron chi connectivity index (χ1n) is 17.0. The van der Waals surface area contributed by atoms with Crippen LogP contribution in [0.25, 0.3) is 87.0 Å². The minimum Gasteiger partial charge on any atom is -0.308 e. The van der Waals surface area contributed by atoms with Gasteiger partial charge in [0.2, 0.25) is 0 Å². The van der Waals surface area contributed by atoms with Crippen LogP contribution < -0.4 is 4.90 Å². The van der Waals surface area contributed by atoms with Gasteiger partial charge in [0, 0.05) is 54.5 Å². The number of nitrogens with zero attached hydrogens (tertiary/aromatic N) is 3. The van der Waals surface area contributed by atoms with Gasteiger partial charge in [0.05, 0.1) is 38.8 Å². The van der Waals surface area contributed by atoms with Crippen LogP contribution in [-0.4, -0.2) is 8.80 Å². The third-order valence-electron chi connectivity index (χ3n) is 10.9. The molecule has 4 heterocycles.